The summed E-state index contributed by atoms with van der Waals surface area (Å²) in [5.41, 5.74) is 15.5. The van der Waals surface area contributed by atoms with Crippen LogP contribution < -0.4 is 0 Å². The molecule has 0 fully saturated rings. The van der Waals surface area contributed by atoms with E-state index in [2.05, 4.69) is 236 Å². The first-order valence-electron chi connectivity index (χ1n) is 23.7. The van der Waals surface area contributed by atoms with Gasteiger partial charge in [-0.05, 0) is 82.6 Å². The minimum Gasteiger partial charge on any atom is -0.318 e. The Morgan fingerprint density at radius 3 is 1.12 bits per heavy atom. The maximum Gasteiger partial charge on any atom is 0.236 e. The molecule has 0 radical (unpaired) electrons. The van der Waals surface area contributed by atoms with Crippen molar-refractivity contribution in [1.29, 1.82) is 0 Å². The zero-order chi connectivity index (χ0) is 46.0. The number of aromatic nitrogens is 4. The number of nitrogens with zero attached hydrogens (tertiary/aromatic N) is 5. The molecule has 0 saturated heterocycles. The molecule has 5 nitrogen and oxygen atoms in total. The van der Waals surface area contributed by atoms with Crippen molar-refractivity contribution >= 4 is 109 Å². The largest absolute Gasteiger partial charge is 0.318 e. The first-order valence-corrected chi connectivity index (χ1v) is 23.7. The average molecular weight is 874 g/mol. The van der Waals surface area contributed by atoms with Gasteiger partial charge in [-0.1, -0.05) is 157 Å². The number of hydrogen-bond donors (Lipinski definition) is 0. The molecule has 0 amide bonds. The summed E-state index contributed by atoms with van der Waals surface area (Å²) in [6.07, 6.45) is 0. The van der Waals surface area contributed by atoms with Crippen molar-refractivity contribution in [1.82, 2.24) is 18.1 Å². The lowest BCUT2D eigenvalue weighted by molar-refractivity contribution is 0.590. The van der Waals surface area contributed by atoms with Gasteiger partial charge in [-0.3, -0.25) is 0 Å². The van der Waals surface area contributed by atoms with Crippen LogP contribution in [0.3, 0.4) is 0 Å². The topological polar surface area (TPSA) is 23.6 Å². The minimum absolute atomic E-state index is 0.0544. The number of rotatable bonds is 3. The molecule has 14 rings (SSSR count). The lowest BCUT2D eigenvalue weighted by Gasteiger charge is -2.24. The Morgan fingerprint density at radius 2 is 0.706 bits per heavy atom. The van der Waals surface area contributed by atoms with Crippen LogP contribution in [0.15, 0.2) is 176 Å². The summed E-state index contributed by atoms with van der Waals surface area (Å²) < 4.78 is 9.91. The highest BCUT2D eigenvalue weighted by Gasteiger charge is 2.35. The molecule has 9 aromatic carbocycles. The smallest absolute Gasteiger partial charge is 0.236 e. The van der Waals surface area contributed by atoms with Crippen molar-refractivity contribution in [2.75, 3.05) is 0 Å². The molecule has 0 atom stereocenters. The molecular weight excluding hydrogens is 827 g/mol. The van der Waals surface area contributed by atoms with Crippen molar-refractivity contribution in [3.05, 3.63) is 198 Å². The van der Waals surface area contributed by atoms with E-state index in [1.807, 2.05) is 0 Å². The fourth-order valence-electron chi connectivity index (χ4n) is 11.9. The molecule has 5 aromatic heterocycles. The summed E-state index contributed by atoms with van der Waals surface area (Å²) in [6.45, 7) is 23.7. The Bertz CT molecular complexity index is 4360. The van der Waals surface area contributed by atoms with Crippen molar-refractivity contribution in [2.24, 2.45) is 0 Å². The second-order valence-electron chi connectivity index (χ2n) is 20.8. The lowest BCUT2D eigenvalue weighted by Crippen LogP contribution is -2.11. The standard InChI is InChI=1S/C63H47N5/c1-62(2,3)37-32-33-54-45(34-37)46-35-38(63(4,5)6)36-47-55-58(65-48-26-14-8-20-39(48)40-21-9-15-27-49(40)65)56(64-7)60(66-50-28-16-10-22-41(50)42-23-11-17-29-51(42)66)61(59(55)68(54)57(46)47)67-52-30-18-12-24-43(52)44-25-13-19-31-53(44)67/h8-36H,1-6H3. The minimum atomic E-state index is -0.169. The Morgan fingerprint density at radius 1 is 0.338 bits per heavy atom. The van der Waals surface area contributed by atoms with Crippen LogP contribution in [0.25, 0.3) is 125 Å². The zero-order valence-electron chi connectivity index (χ0n) is 39.0. The number of para-hydroxylation sites is 6. The van der Waals surface area contributed by atoms with Crippen LogP contribution in [0.2, 0.25) is 0 Å². The van der Waals surface area contributed by atoms with E-state index in [-0.39, 0.29) is 10.8 Å². The highest BCUT2D eigenvalue weighted by Crippen LogP contribution is 2.54. The van der Waals surface area contributed by atoms with Crippen molar-refractivity contribution in [2.45, 2.75) is 52.4 Å². The van der Waals surface area contributed by atoms with Crippen LogP contribution in [0.1, 0.15) is 52.7 Å². The van der Waals surface area contributed by atoms with Gasteiger partial charge in [0.2, 0.25) is 5.69 Å². The van der Waals surface area contributed by atoms with E-state index in [9.17, 15) is 6.57 Å². The van der Waals surface area contributed by atoms with E-state index in [1.54, 1.807) is 0 Å². The van der Waals surface area contributed by atoms with Crippen molar-refractivity contribution < 1.29 is 0 Å². The molecule has 0 spiro atoms. The van der Waals surface area contributed by atoms with E-state index in [0.29, 0.717) is 5.69 Å². The monoisotopic (exact) mass is 873 g/mol. The van der Waals surface area contributed by atoms with Gasteiger partial charge in [-0.15, -0.1) is 0 Å². The van der Waals surface area contributed by atoms with Crippen LogP contribution in [-0.4, -0.2) is 18.1 Å². The van der Waals surface area contributed by atoms with Gasteiger partial charge >= 0.3 is 0 Å². The summed E-state index contributed by atoms with van der Waals surface area (Å²) >= 11 is 0. The second kappa shape index (κ2) is 13.4. The molecule has 0 N–H and O–H groups in total. The van der Waals surface area contributed by atoms with E-state index in [1.165, 1.54) is 38.2 Å². The molecule has 0 saturated carbocycles. The molecule has 0 aliphatic rings. The fraction of sp³-hybridized carbons (Fsp3) is 0.127. The quantitative estimate of drug-likeness (QED) is 0.158. The van der Waals surface area contributed by atoms with Crippen LogP contribution in [0.5, 0.6) is 0 Å². The summed E-state index contributed by atoms with van der Waals surface area (Å²) in [4.78, 5) is 4.89. The average Bonchev–Trinajstić information content (AvgIpc) is 4.14. The molecule has 0 bridgehead atoms. The molecular formula is C63H47N5. The summed E-state index contributed by atoms with van der Waals surface area (Å²) in [5.74, 6) is 0. The van der Waals surface area contributed by atoms with Gasteiger partial charge in [0, 0.05) is 53.9 Å². The first kappa shape index (κ1) is 38.9. The fourth-order valence-corrected chi connectivity index (χ4v) is 11.9. The Balaban J connectivity index is 1.38. The highest BCUT2D eigenvalue weighted by molar-refractivity contribution is 6.30. The molecule has 14 aromatic rings. The van der Waals surface area contributed by atoms with Crippen molar-refractivity contribution in [3.8, 4) is 17.1 Å². The predicted molar refractivity (Wildman–Crippen MR) is 288 cm³/mol. The van der Waals surface area contributed by atoms with Gasteiger partial charge in [-0.2, -0.15) is 0 Å². The Hall–Kier alpha value is -8.33. The summed E-state index contributed by atoms with van der Waals surface area (Å²) in [7, 11) is 0. The van der Waals surface area contributed by atoms with E-state index in [0.717, 1.165) is 93.5 Å². The van der Waals surface area contributed by atoms with E-state index >= 15 is 0 Å². The van der Waals surface area contributed by atoms with Gasteiger partial charge < -0.3 is 18.1 Å². The number of fused-ring (bicyclic) bond motifs is 15. The Kier molecular flexibility index (Phi) is 7.66. The third-order valence-corrected chi connectivity index (χ3v) is 15.0. The molecule has 0 unspecified atom stereocenters. The number of benzene rings is 9. The van der Waals surface area contributed by atoms with Crippen LogP contribution in [-0.2, 0) is 10.8 Å². The van der Waals surface area contributed by atoms with E-state index in [4.69, 9.17) is 4.85 Å². The van der Waals surface area contributed by atoms with Gasteiger partial charge in [-0.25, -0.2) is 4.85 Å². The maximum atomic E-state index is 9.78. The van der Waals surface area contributed by atoms with Gasteiger partial charge in [0.1, 0.15) is 0 Å². The summed E-state index contributed by atoms with van der Waals surface area (Å²) in [6, 6.07) is 64.6. The third kappa shape index (κ3) is 4.99. The molecule has 68 heavy (non-hydrogen) atoms. The molecule has 324 valence electrons. The normalized spacial score (nSPS) is 12.8. The van der Waals surface area contributed by atoms with Crippen LogP contribution in [0, 0.1) is 6.57 Å². The number of hydrogen-bond acceptors (Lipinski definition) is 0. The Labute approximate surface area is 393 Å². The van der Waals surface area contributed by atoms with Gasteiger partial charge in [0.15, 0.2) is 0 Å². The molecule has 5 heteroatoms. The van der Waals surface area contributed by atoms with Crippen LogP contribution in [0.4, 0.5) is 5.69 Å². The van der Waals surface area contributed by atoms with Gasteiger partial charge in [0.25, 0.3) is 0 Å². The summed E-state index contributed by atoms with van der Waals surface area (Å²) in [5, 5.41) is 11.6. The van der Waals surface area contributed by atoms with Crippen molar-refractivity contribution in [3.63, 3.8) is 0 Å². The highest BCUT2D eigenvalue weighted by atomic mass is 15.1. The predicted octanol–water partition coefficient (Wildman–Crippen LogP) is 17.3. The first-order chi connectivity index (χ1) is 33.0. The second-order valence-corrected chi connectivity index (χ2v) is 20.8. The van der Waals surface area contributed by atoms with E-state index < -0.39 is 0 Å². The molecule has 0 aliphatic carbocycles. The maximum absolute atomic E-state index is 9.78. The molecule has 0 aliphatic heterocycles. The zero-order valence-corrected chi connectivity index (χ0v) is 39.0. The SMILES string of the molecule is [C-]#[N+]c1c(-n2c3ccccc3c3ccccc32)c(-n2c3ccccc3c3ccccc32)c2c(c1-n1c3ccccc3c3ccccc31)c1cc(C(C)(C)C)cc3c4cc(C(C)(C)C)ccc4n2c31. The lowest BCUT2D eigenvalue weighted by atomic mass is 9.84. The molecule has 5 heterocycles. The third-order valence-electron chi connectivity index (χ3n) is 15.0. The van der Waals surface area contributed by atoms with Crippen LogP contribution >= 0.6 is 0 Å². The van der Waals surface area contributed by atoms with Gasteiger partial charge in [0.05, 0.1) is 73.3 Å².